The number of carbonyl (C=O) groups excluding carboxylic acids is 2. The van der Waals surface area contributed by atoms with E-state index in [0.29, 0.717) is 0 Å². The molecule has 0 unspecified atom stereocenters. The Morgan fingerprint density at radius 2 is 1.52 bits per heavy atom. The Hall–Kier alpha value is -2.42. The van der Waals surface area contributed by atoms with E-state index in [1.807, 2.05) is 74.5 Å². The molecular weight excluding hydrogens is 286 g/mol. The quantitative estimate of drug-likeness (QED) is 0.803. The van der Waals surface area contributed by atoms with Crippen LogP contribution in [0.2, 0.25) is 0 Å². The second-order valence-electron chi connectivity index (χ2n) is 6.67. The van der Waals surface area contributed by atoms with E-state index in [0.717, 1.165) is 11.1 Å². The molecule has 1 aliphatic rings. The highest BCUT2D eigenvalue weighted by Gasteiger charge is 2.57. The molecule has 0 spiro atoms. The van der Waals surface area contributed by atoms with Crippen LogP contribution in [-0.4, -0.2) is 16.6 Å². The van der Waals surface area contributed by atoms with Crippen LogP contribution in [0.3, 0.4) is 0 Å². The molecule has 3 heteroatoms. The van der Waals surface area contributed by atoms with Gasteiger partial charge in [-0.25, -0.2) is 0 Å². The SMILES string of the molecule is CC(=O)[C@@H](c1ccccc1)N1C(=O)C(C)(C)[C@@H]1c1ccccc1. The maximum absolute atomic E-state index is 12.8. The number of benzene rings is 2. The van der Waals surface area contributed by atoms with Gasteiger partial charge >= 0.3 is 0 Å². The summed E-state index contributed by atoms with van der Waals surface area (Å²) < 4.78 is 0. The third-order valence-corrected chi connectivity index (χ3v) is 4.64. The van der Waals surface area contributed by atoms with Crippen LogP contribution in [0.25, 0.3) is 0 Å². The van der Waals surface area contributed by atoms with Gasteiger partial charge < -0.3 is 4.90 Å². The molecular formula is C20H21NO2. The van der Waals surface area contributed by atoms with Crippen LogP contribution < -0.4 is 0 Å². The molecule has 2 atom stereocenters. The largest absolute Gasteiger partial charge is 0.320 e. The first-order valence-corrected chi connectivity index (χ1v) is 7.87. The van der Waals surface area contributed by atoms with E-state index in [4.69, 9.17) is 0 Å². The first-order valence-electron chi connectivity index (χ1n) is 7.87. The fraction of sp³-hybridized carbons (Fsp3) is 0.300. The Balaban J connectivity index is 2.05. The molecule has 0 N–H and O–H groups in total. The minimum absolute atomic E-state index is 0.0130. The van der Waals surface area contributed by atoms with Gasteiger partial charge in [-0.15, -0.1) is 0 Å². The van der Waals surface area contributed by atoms with Gasteiger partial charge in [-0.2, -0.15) is 0 Å². The molecule has 3 rings (SSSR count). The second kappa shape index (κ2) is 5.65. The number of hydrogen-bond acceptors (Lipinski definition) is 2. The number of nitrogens with zero attached hydrogens (tertiary/aromatic N) is 1. The van der Waals surface area contributed by atoms with E-state index in [1.54, 1.807) is 11.8 Å². The Morgan fingerprint density at radius 3 is 2.04 bits per heavy atom. The summed E-state index contributed by atoms with van der Waals surface area (Å²) in [6.45, 7) is 5.45. The minimum Gasteiger partial charge on any atom is -0.320 e. The van der Waals surface area contributed by atoms with Gasteiger partial charge in [0.05, 0.1) is 11.5 Å². The Bertz CT molecular complexity index is 722. The van der Waals surface area contributed by atoms with Gasteiger partial charge in [0.15, 0.2) is 5.78 Å². The molecule has 1 fully saturated rings. The van der Waals surface area contributed by atoms with E-state index in [2.05, 4.69) is 0 Å². The molecule has 1 heterocycles. The predicted octanol–water partition coefficient (Wildman–Crippen LogP) is 3.93. The first kappa shape index (κ1) is 15.5. The Morgan fingerprint density at radius 1 is 1.00 bits per heavy atom. The van der Waals surface area contributed by atoms with Crippen LogP contribution in [-0.2, 0) is 9.59 Å². The summed E-state index contributed by atoms with van der Waals surface area (Å²) in [4.78, 5) is 26.8. The smallest absolute Gasteiger partial charge is 0.232 e. The summed E-state index contributed by atoms with van der Waals surface area (Å²) in [5.41, 5.74) is 1.44. The van der Waals surface area contributed by atoms with Crippen molar-refractivity contribution in [3.63, 3.8) is 0 Å². The first-order chi connectivity index (χ1) is 10.9. The van der Waals surface area contributed by atoms with Crippen LogP contribution in [0, 0.1) is 5.41 Å². The summed E-state index contributed by atoms with van der Waals surface area (Å²) >= 11 is 0. The summed E-state index contributed by atoms with van der Waals surface area (Å²) in [6.07, 6.45) is 0. The van der Waals surface area contributed by atoms with E-state index < -0.39 is 11.5 Å². The number of rotatable bonds is 4. The van der Waals surface area contributed by atoms with Gasteiger partial charge in [-0.05, 0) is 31.9 Å². The zero-order valence-corrected chi connectivity index (χ0v) is 13.7. The van der Waals surface area contributed by atoms with Crippen molar-refractivity contribution in [3.05, 3.63) is 71.8 Å². The third kappa shape index (κ3) is 2.46. The van der Waals surface area contributed by atoms with Crippen LogP contribution in [0.1, 0.15) is 44.0 Å². The third-order valence-electron chi connectivity index (χ3n) is 4.64. The molecule has 118 valence electrons. The van der Waals surface area contributed by atoms with Crippen molar-refractivity contribution < 1.29 is 9.59 Å². The molecule has 0 aromatic heterocycles. The van der Waals surface area contributed by atoms with Crippen LogP contribution >= 0.6 is 0 Å². The van der Waals surface area contributed by atoms with Crippen molar-refractivity contribution in [2.45, 2.75) is 32.9 Å². The minimum atomic E-state index is -0.526. The second-order valence-corrected chi connectivity index (χ2v) is 6.67. The summed E-state index contributed by atoms with van der Waals surface area (Å²) in [6, 6.07) is 18.9. The van der Waals surface area contributed by atoms with Crippen molar-refractivity contribution in [2.75, 3.05) is 0 Å². The van der Waals surface area contributed by atoms with Crippen molar-refractivity contribution in [3.8, 4) is 0 Å². The normalized spacial score (nSPS) is 20.7. The molecule has 1 aliphatic heterocycles. The predicted molar refractivity (Wildman–Crippen MR) is 89.7 cm³/mol. The lowest BCUT2D eigenvalue weighted by Crippen LogP contribution is -2.62. The van der Waals surface area contributed by atoms with E-state index in [1.165, 1.54) is 0 Å². The molecule has 0 saturated carbocycles. The molecule has 2 aromatic rings. The molecule has 0 aliphatic carbocycles. The van der Waals surface area contributed by atoms with Crippen LogP contribution in [0.4, 0.5) is 0 Å². The number of ketones is 1. The summed E-state index contributed by atoms with van der Waals surface area (Å²) in [5, 5.41) is 0. The number of Topliss-reactive ketones (excluding diaryl/α,β-unsaturated/α-hetero) is 1. The van der Waals surface area contributed by atoms with Gasteiger partial charge in [0.2, 0.25) is 5.91 Å². The fourth-order valence-electron chi connectivity index (χ4n) is 3.55. The maximum atomic E-state index is 12.8. The highest BCUT2D eigenvalue weighted by atomic mass is 16.2. The number of β-lactam (4-membered cyclic amide) rings is 1. The molecule has 1 saturated heterocycles. The number of likely N-dealkylation sites (tertiary alicyclic amines) is 1. The topological polar surface area (TPSA) is 37.4 Å². The Labute approximate surface area is 136 Å². The Kier molecular flexibility index (Phi) is 3.80. The van der Waals surface area contributed by atoms with Crippen molar-refractivity contribution >= 4 is 11.7 Å². The highest BCUT2D eigenvalue weighted by Crippen LogP contribution is 2.53. The lowest BCUT2D eigenvalue weighted by Gasteiger charge is -2.55. The molecule has 1 amide bonds. The average Bonchev–Trinajstić information content (AvgIpc) is 2.55. The lowest BCUT2D eigenvalue weighted by atomic mass is 9.69. The molecule has 2 aromatic carbocycles. The highest BCUT2D eigenvalue weighted by molar-refractivity contribution is 5.95. The number of amides is 1. The molecule has 3 nitrogen and oxygen atoms in total. The zero-order valence-electron chi connectivity index (χ0n) is 13.7. The number of hydrogen-bond donors (Lipinski definition) is 0. The summed E-state index contributed by atoms with van der Waals surface area (Å²) in [7, 11) is 0. The number of carbonyl (C=O) groups is 2. The summed E-state index contributed by atoms with van der Waals surface area (Å²) in [5.74, 6) is 0.0105. The fourth-order valence-corrected chi connectivity index (χ4v) is 3.55. The van der Waals surface area contributed by atoms with E-state index in [-0.39, 0.29) is 17.7 Å². The van der Waals surface area contributed by atoms with Gasteiger partial charge in [-0.3, -0.25) is 9.59 Å². The average molecular weight is 307 g/mol. The van der Waals surface area contributed by atoms with Gasteiger partial charge in [0.1, 0.15) is 6.04 Å². The van der Waals surface area contributed by atoms with Gasteiger partial charge in [0, 0.05) is 0 Å². The zero-order chi connectivity index (χ0) is 16.6. The van der Waals surface area contributed by atoms with Crippen LogP contribution in [0.15, 0.2) is 60.7 Å². The van der Waals surface area contributed by atoms with Gasteiger partial charge in [-0.1, -0.05) is 60.7 Å². The monoisotopic (exact) mass is 307 g/mol. The van der Waals surface area contributed by atoms with Crippen molar-refractivity contribution in [1.29, 1.82) is 0 Å². The standard InChI is InChI=1S/C20H21NO2/c1-14(22)17(15-10-6-4-7-11-15)21-18(20(2,3)19(21)23)16-12-8-5-9-13-16/h4-13,17-18H,1-3H3/t17-,18-/m0/s1. The van der Waals surface area contributed by atoms with Crippen molar-refractivity contribution in [2.24, 2.45) is 5.41 Å². The molecule has 0 bridgehead atoms. The molecule has 0 radical (unpaired) electrons. The van der Waals surface area contributed by atoms with Gasteiger partial charge in [0.25, 0.3) is 0 Å². The van der Waals surface area contributed by atoms with Crippen LogP contribution in [0.5, 0.6) is 0 Å². The molecule has 23 heavy (non-hydrogen) atoms. The van der Waals surface area contributed by atoms with E-state index in [9.17, 15) is 9.59 Å². The van der Waals surface area contributed by atoms with E-state index >= 15 is 0 Å². The maximum Gasteiger partial charge on any atom is 0.232 e. The lowest BCUT2D eigenvalue weighted by molar-refractivity contribution is -0.177. The van der Waals surface area contributed by atoms with Crippen molar-refractivity contribution in [1.82, 2.24) is 4.90 Å².